The molecule has 7 heteroatoms. The van der Waals surface area contributed by atoms with Crippen molar-refractivity contribution in [3.05, 3.63) is 90.6 Å². The zero-order chi connectivity index (χ0) is 23.3. The molecule has 7 nitrogen and oxygen atoms in total. The average Bonchev–Trinajstić information content (AvgIpc) is 3.32. The predicted molar refractivity (Wildman–Crippen MR) is 131 cm³/mol. The van der Waals surface area contributed by atoms with E-state index in [0.717, 1.165) is 22.5 Å². The number of benzene rings is 3. The topological polar surface area (TPSA) is 74.6 Å². The molecule has 1 amide bonds. The maximum absolute atomic E-state index is 12.6. The van der Waals surface area contributed by atoms with E-state index in [0.29, 0.717) is 36.1 Å². The smallest absolute Gasteiger partial charge is 0.248 e. The molecule has 3 aromatic carbocycles. The van der Waals surface area contributed by atoms with E-state index in [-0.39, 0.29) is 5.91 Å². The fraction of sp³-hybridized carbons (Fsp3) is 0.111. The van der Waals surface area contributed by atoms with Gasteiger partial charge in [0.25, 0.3) is 0 Å². The molecule has 170 valence electrons. The summed E-state index contributed by atoms with van der Waals surface area (Å²) in [6.07, 6.45) is 5.15. The van der Waals surface area contributed by atoms with Gasteiger partial charge in [-0.2, -0.15) is 5.10 Å². The molecule has 0 radical (unpaired) electrons. The Balaban J connectivity index is 1.46. The molecule has 0 saturated carbocycles. The minimum absolute atomic E-state index is 0.256. The first-order valence-electron chi connectivity index (χ1n) is 10.9. The molecule has 1 N–H and O–H groups in total. The van der Waals surface area contributed by atoms with Gasteiger partial charge in [0.1, 0.15) is 24.7 Å². The van der Waals surface area contributed by atoms with Crippen molar-refractivity contribution in [3.8, 4) is 34.2 Å². The molecule has 0 fully saturated rings. The Labute approximate surface area is 197 Å². The Hall–Kier alpha value is -4.52. The molecule has 34 heavy (non-hydrogen) atoms. The number of nitrogens with one attached hydrogen (secondary N) is 1. The summed E-state index contributed by atoms with van der Waals surface area (Å²) in [6, 6.07) is 22.8. The minimum atomic E-state index is -0.256. The molecular weight excluding hydrogens is 430 g/mol. The molecular formula is C27H23N3O4. The van der Waals surface area contributed by atoms with E-state index in [1.165, 1.54) is 6.08 Å². The number of hydrogen-bond donors (Lipinski definition) is 1. The highest BCUT2D eigenvalue weighted by atomic mass is 16.6. The molecule has 0 atom stereocenters. The van der Waals surface area contributed by atoms with Crippen molar-refractivity contribution in [2.45, 2.75) is 0 Å². The summed E-state index contributed by atoms with van der Waals surface area (Å²) in [5.74, 6) is 1.82. The van der Waals surface area contributed by atoms with Crippen LogP contribution in [0.15, 0.2) is 85.1 Å². The standard InChI is InChI=1S/C27H23N3O4/c1-32-23-9-5-6-21(17-23)28-26(31)13-11-20-18-30(22-7-3-2-4-8-22)29-27(20)19-10-12-24-25(16-19)34-15-14-33-24/h2-13,16-18H,14-15H2,1H3,(H,28,31). The Morgan fingerprint density at radius 2 is 1.82 bits per heavy atom. The van der Waals surface area contributed by atoms with Crippen LogP contribution < -0.4 is 19.5 Å². The van der Waals surface area contributed by atoms with E-state index >= 15 is 0 Å². The molecule has 1 aromatic heterocycles. The zero-order valence-corrected chi connectivity index (χ0v) is 18.6. The fourth-order valence-corrected chi connectivity index (χ4v) is 3.69. The number of nitrogens with zero attached hydrogens (tertiary/aromatic N) is 2. The van der Waals surface area contributed by atoms with Gasteiger partial charge in [0.2, 0.25) is 5.91 Å². The van der Waals surface area contributed by atoms with Crippen LogP contribution in [0.1, 0.15) is 5.56 Å². The number of carbonyl (C=O) groups excluding carboxylic acids is 1. The summed E-state index contributed by atoms with van der Waals surface area (Å²) in [4.78, 5) is 12.6. The van der Waals surface area contributed by atoms with Crippen molar-refractivity contribution in [1.82, 2.24) is 9.78 Å². The largest absolute Gasteiger partial charge is 0.497 e. The molecule has 0 unspecified atom stereocenters. The Kier molecular flexibility index (Phi) is 5.99. The lowest BCUT2D eigenvalue weighted by atomic mass is 10.1. The van der Waals surface area contributed by atoms with Gasteiger partial charge in [-0.3, -0.25) is 4.79 Å². The van der Waals surface area contributed by atoms with Crippen LogP contribution in [0.2, 0.25) is 0 Å². The van der Waals surface area contributed by atoms with Crippen molar-refractivity contribution < 1.29 is 19.0 Å². The maximum atomic E-state index is 12.6. The minimum Gasteiger partial charge on any atom is -0.497 e. The van der Waals surface area contributed by atoms with E-state index in [1.54, 1.807) is 23.9 Å². The summed E-state index contributed by atoms with van der Waals surface area (Å²) >= 11 is 0. The highest BCUT2D eigenvalue weighted by molar-refractivity contribution is 6.02. The normalized spacial score (nSPS) is 12.5. The highest BCUT2D eigenvalue weighted by Crippen LogP contribution is 2.35. The van der Waals surface area contributed by atoms with Crippen molar-refractivity contribution in [1.29, 1.82) is 0 Å². The molecule has 0 saturated heterocycles. The quantitative estimate of drug-likeness (QED) is 0.417. The predicted octanol–water partition coefficient (Wildman–Crippen LogP) is 4.97. The summed E-state index contributed by atoms with van der Waals surface area (Å²) in [5, 5.41) is 7.66. The van der Waals surface area contributed by atoms with Crippen molar-refractivity contribution in [3.63, 3.8) is 0 Å². The van der Waals surface area contributed by atoms with Gasteiger partial charge in [-0.15, -0.1) is 0 Å². The number of fused-ring (bicyclic) bond motifs is 1. The number of para-hydroxylation sites is 1. The van der Waals surface area contributed by atoms with Crippen LogP contribution >= 0.6 is 0 Å². The third kappa shape index (κ3) is 4.63. The second-order valence-corrected chi connectivity index (χ2v) is 7.63. The SMILES string of the molecule is COc1cccc(NC(=O)C=Cc2cn(-c3ccccc3)nc2-c2ccc3c(c2)OCCO3)c1. The monoisotopic (exact) mass is 453 g/mol. The number of ether oxygens (including phenoxy) is 3. The number of methoxy groups -OCH3 is 1. The van der Waals surface area contributed by atoms with Crippen LogP contribution in [0, 0.1) is 0 Å². The number of aromatic nitrogens is 2. The van der Waals surface area contributed by atoms with E-state index in [2.05, 4.69) is 5.32 Å². The van der Waals surface area contributed by atoms with Crippen molar-refractivity contribution >= 4 is 17.7 Å². The van der Waals surface area contributed by atoms with Crippen LogP contribution in [0.5, 0.6) is 17.2 Å². The van der Waals surface area contributed by atoms with Gasteiger partial charge in [-0.1, -0.05) is 24.3 Å². The summed E-state index contributed by atoms with van der Waals surface area (Å²) in [7, 11) is 1.59. The van der Waals surface area contributed by atoms with Crippen LogP contribution in [0.25, 0.3) is 23.0 Å². The molecule has 5 rings (SSSR count). The first-order valence-corrected chi connectivity index (χ1v) is 10.9. The molecule has 4 aromatic rings. The summed E-state index contributed by atoms with van der Waals surface area (Å²) in [6.45, 7) is 1.04. The molecule has 1 aliphatic rings. The van der Waals surface area contributed by atoms with Crippen molar-refractivity contribution in [2.24, 2.45) is 0 Å². The number of amides is 1. The van der Waals surface area contributed by atoms with Gasteiger partial charge in [0.05, 0.1) is 12.8 Å². The van der Waals surface area contributed by atoms with Crippen molar-refractivity contribution in [2.75, 3.05) is 25.6 Å². The van der Waals surface area contributed by atoms with E-state index in [9.17, 15) is 4.79 Å². The van der Waals surface area contributed by atoms with Gasteiger partial charge >= 0.3 is 0 Å². The lowest BCUT2D eigenvalue weighted by molar-refractivity contribution is -0.111. The number of carbonyl (C=O) groups is 1. The van der Waals surface area contributed by atoms with Crippen LogP contribution in [-0.2, 0) is 4.79 Å². The first-order chi connectivity index (χ1) is 16.7. The van der Waals surface area contributed by atoms with Crippen LogP contribution in [-0.4, -0.2) is 36.0 Å². The van der Waals surface area contributed by atoms with E-state index in [1.807, 2.05) is 72.9 Å². The maximum Gasteiger partial charge on any atom is 0.248 e. The third-order valence-electron chi connectivity index (χ3n) is 5.33. The van der Waals surface area contributed by atoms with Gasteiger partial charge in [-0.05, 0) is 48.5 Å². The Morgan fingerprint density at radius 1 is 1.00 bits per heavy atom. The lowest BCUT2D eigenvalue weighted by Gasteiger charge is -2.18. The molecule has 1 aliphatic heterocycles. The number of rotatable bonds is 6. The number of anilines is 1. The highest BCUT2D eigenvalue weighted by Gasteiger charge is 2.16. The average molecular weight is 453 g/mol. The van der Waals surface area contributed by atoms with E-state index in [4.69, 9.17) is 19.3 Å². The molecule has 0 bridgehead atoms. The molecule has 2 heterocycles. The second-order valence-electron chi connectivity index (χ2n) is 7.63. The van der Waals surface area contributed by atoms with E-state index < -0.39 is 0 Å². The Morgan fingerprint density at radius 3 is 2.65 bits per heavy atom. The number of hydrogen-bond acceptors (Lipinski definition) is 5. The van der Waals surface area contributed by atoms with Crippen LogP contribution in [0.3, 0.4) is 0 Å². The zero-order valence-electron chi connectivity index (χ0n) is 18.6. The lowest BCUT2D eigenvalue weighted by Crippen LogP contribution is -2.15. The molecule has 0 aliphatic carbocycles. The van der Waals surface area contributed by atoms with Gasteiger partial charge in [-0.25, -0.2) is 4.68 Å². The summed E-state index contributed by atoms with van der Waals surface area (Å²) in [5.41, 5.74) is 3.96. The van der Waals surface area contributed by atoms with Crippen LogP contribution in [0.4, 0.5) is 5.69 Å². The van der Waals surface area contributed by atoms with Gasteiger partial charge in [0, 0.05) is 35.2 Å². The Bertz CT molecular complexity index is 1350. The van der Waals surface area contributed by atoms with Gasteiger partial charge < -0.3 is 19.5 Å². The second kappa shape index (κ2) is 9.54. The van der Waals surface area contributed by atoms with Gasteiger partial charge in [0.15, 0.2) is 11.5 Å². The fourth-order valence-electron chi connectivity index (χ4n) is 3.69. The molecule has 0 spiro atoms. The summed E-state index contributed by atoms with van der Waals surface area (Å²) < 4.78 is 18.4. The first kappa shape index (κ1) is 21.3. The third-order valence-corrected chi connectivity index (χ3v) is 5.33.